The maximum atomic E-state index is 12.4. The molecule has 0 amide bonds. The van der Waals surface area contributed by atoms with Gasteiger partial charge in [-0.2, -0.15) is 10.4 Å². The monoisotopic (exact) mass is 460 g/mol. The Morgan fingerprint density at radius 3 is 2.45 bits per heavy atom. The lowest BCUT2D eigenvalue weighted by molar-refractivity contribution is 0.577. The fourth-order valence-electron chi connectivity index (χ4n) is 3.48. The van der Waals surface area contributed by atoms with E-state index in [2.05, 4.69) is 26.2 Å². The van der Waals surface area contributed by atoms with E-state index < -0.39 is 10.0 Å². The zero-order valence-electron chi connectivity index (χ0n) is 18.2. The van der Waals surface area contributed by atoms with Gasteiger partial charge in [0.25, 0.3) is 0 Å². The molecule has 168 valence electrons. The van der Waals surface area contributed by atoms with Crippen LogP contribution in [0, 0.1) is 18.3 Å². The van der Waals surface area contributed by atoms with Crippen molar-refractivity contribution in [3.05, 3.63) is 78.1 Å². The zero-order chi connectivity index (χ0) is 23.3. The summed E-state index contributed by atoms with van der Waals surface area (Å²) in [5, 5.41) is 18.0. The molecule has 0 saturated carbocycles. The van der Waals surface area contributed by atoms with Gasteiger partial charge in [-0.3, -0.25) is 0 Å². The Morgan fingerprint density at radius 1 is 1.00 bits per heavy atom. The molecule has 0 aliphatic carbocycles. The summed E-state index contributed by atoms with van der Waals surface area (Å²) in [4.78, 5) is 4.69. The van der Waals surface area contributed by atoms with Crippen LogP contribution in [-0.4, -0.2) is 36.3 Å². The molecule has 2 N–H and O–H groups in total. The van der Waals surface area contributed by atoms with Crippen LogP contribution in [0.1, 0.15) is 24.0 Å². The topological polar surface area (TPSA) is 113 Å². The van der Waals surface area contributed by atoms with Gasteiger partial charge in [0.1, 0.15) is 6.07 Å². The molecule has 33 heavy (non-hydrogen) atoms. The van der Waals surface area contributed by atoms with Crippen molar-refractivity contribution in [3.63, 3.8) is 0 Å². The van der Waals surface area contributed by atoms with Crippen LogP contribution in [0.3, 0.4) is 0 Å². The number of benzene rings is 2. The Morgan fingerprint density at radius 2 is 1.73 bits per heavy atom. The van der Waals surface area contributed by atoms with Gasteiger partial charge in [-0.05, 0) is 44.0 Å². The minimum Gasteiger partial charge on any atom is -0.383 e. The second-order valence-electron chi connectivity index (χ2n) is 7.63. The predicted octanol–water partition coefficient (Wildman–Crippen LogP) is 3.77. The van der Waals surface area contributed by atoms with Crippen LogP contribution >= 0.6 is 0 Å². The van der Waals surface area contributed by atoms with Crippen LogP contribution in [0.2, 0.25) is 0 Å². The normalized spacial score (nSPS) is 11.4. The van der Waals surface area contributed by atoms with Gasteiger partial charge in [0.2, 0.25) is 10.0 Å². The van der Waals surface area contributed by atoms with Crippen LogP contribution in [0.4, 0.5) is 5.69 Å². The largest absolute Gasteiger partial charge is 0.383 e. The fourth-order valence-corrected chi connectivity index (χ4v) is 4.56. The number of hydrogen-bond donors (Lipinski definition) is 2. The first-order chi connectivity index (χ1) is 16.0. The molecule has 2 aromatic carbocycles. The summed E-state index contributed by atoms with van der Waals surface area (Å²) < 4.78 is 29.1. The second-order valence-corrected chi connectivity index (χ2v) is 9.40. The smallest absolute Gasteiger partial charge is 0.240 e. The minimum absolute atomic E-state index is 0.263. The summed E-state index contributed by atoms with van der Waals surface area (Å²) in [7, 11) is -3.51. The van der Waals surface area contributed by atoms with Crippen molar-refractivity contribution in [1.82, 2.24) is 19.5 Å². The maximum Gasteiger partial charge on any atom is 0.240 e. The van der Waals surface area contributed by atoms with E-state index in [4.69, 9.17) is 0 Å². The molecule has 0 aliphatic rings. The number of anilines is 1. The van der Waals surface area contributed by atoms with E-state index in [0.717, 1.165) is 23.1 Å². The Kier molecular flexibility index (Phi) is 6.68. The van der Waals surface area contributed by atoms with Crippen molar-refractivity contribution in [3.8, 4) is 11.8 Å². The summed E-state index contributed by atoms with van der Waals surface area (Å²) in [5.74, 6) is 0. The number of pyridine rings is 1. The van der Waals surface area contributed by atoms with Crippen LogP contribution < -0.4 is 10.0 Å². The van der Waals surface area contributed by atoms with Gasteiger partial charge in [-0.1, -0.05) is 35.9 Å². The first-order valence-corrected chi connectivity index (χ1v) is 12.1. The third-order valence-corrected chi connectivity index (χ3v) is 6.73. The Bertz CT molecular complexity index is 1390. The van der Waals surface area contributed by atoms with E-state index in [-0.39, 0.29) is 4.90 Å². The molecule has 4 rings (SSSR count). The molecule has 2 aromatic heterocycles. The lowest BCUT2D eigenvalue weighted by atomic mass is 10.2. The third kappa shape index (κ3) is 5.03. The number of para-hydroxylation sites is 1. The highest BCUT2D eigenvalue weighted by molar-refractivity contribution is 7.89. The molecule has 0 aliphatic heterocycles. The van der Waals surface area contributed by atoms with E-state index in [0.29, 0.717) is 36.4 Å². The van der Waals surface area contributed by atoms with Gasteiger partial charge in [-0.15, -0.1) is 0 Å². The molecule has 0 spiro atoms. The molecule has 4 aromatic rings. The van der Waals surface area contributed by atoms with Crippen molar-refractivity contribution in [2.75, 3.05) is 18.4 Å². The number of nitrogens with one attached hydrogen (secondary N) is 2. The summed E-state index contributed by atoms with van der Waals surface area (Å²) in [5.41, 5.74) is 3.68. The molecule has 0 atom stereocenters. The van der Waals surface area contributed by atoms with Crippen molar-refractivity contribution in [2.45, 2.75) is 24.7 Å². The number of nitrogens with zero attached hydrogens (tertiary/aromatic N) is 4. The quantitative estimate of drug-likeness (QED) is 0.368. The fraction of sp³-hybridized carbons (Fsp3) is 0.208. The van der Waals surface area contributed by atoms with Gasteiger partial charge in [0.05, 0.1) is 33.4 Å². The van der Waals surface area contributed by atoms with Gasteiger partial charge < -0.3 is 5.32 Å². The van der Waals surface area contributed by atoms with Crippen molar-refractivity contribution in [2.24, 2.45) is 0 Å². The van der Waals surface area contributed by atoms with E-state index in [1.54, 1.807) is 41.3 Å². The molecular weight excluding hydrogens is 436 g/mol. The van der Waals surface area contributed by atoms with E-state index in [9.17, 15) is 13.7 Å². The number of unbranched alkanes of at least 4 members (excludes halogenated alkanes) is 1. The third-order valence-electron chi connectivity index (χ3n) is 5.25. The summed E-state index contributed by atoms with van der Waals surface area (Å²) in [6.45, 7) is 2.83. The number of aryl methyl sites for hydroxylation is 1. The first-order valence-electron chi connectivity index (χ1n) is 10.6. The lowest BCUT2D eigenvalue weighted by Gasteiger charge is -2.10. The maximum absolute atomic E-state index is 12.4. The highest BCUT2D eigenvalue weighted by atomic mass is 32.2. The Labute approximate surface area is 192 Å². The number of rotatable bonds is 9. The average Bonchev–Trinajstić information content (AvgIpc) is 3.26. The molecule has 2 heterocycles. The molecular formula is C24H24N6O2S. The van der Waals surface area contributed by atoms with Crippen molar-refractivity contribution >= 4 is 26.7 Å². The first kappa shape index (κ1) is 22.5. The van der Waals surface area contributed by atoms with Crippen LogP contribution in [-0.2, 0) is 10.0 Å². The zero-order valence-corrected chi connectivity index (χ0v) is 19.0. The number of aromatic nitrogens is 3. The van der Waals surface area contributed by atoms with E-state index in [1.165, 1.54) is 0 Å². The molecule has 8 nitrogen and oxygen atoms in total. The average molecular weight is 461 g/mol. The van der Waals surface area contributed by atoms with Crippen LogP contribution in [0.15, 0.2) is 71.9 Å². The molecule has 9 heteroatoms. The molecule has 0 saturated heterocycles. The SMILES string of the molecule is Cc1ccc(S(=O)(=O)NCCCCNc2c(C#N)cnc3c2cnn3-c2ccccc2)cc1. The lowest BCUT2D eigenvalue weighted by Crippen LogP contribution is -2.25. The van der Waals surface area contributed by atoms with E-state index in [1.807, 2.05) is 37.3 Å². The minimum atomic E-state index is -3.51. The van der Waals surface area contributed by atoms with Crippen LogP contribution in [0.25, 0.3) is 16.7 Å². The predicted molar refractivity (Wildman–Crippen MR) is 128 cm³/mol. The summed E-state index contributed by atoms with van der Waals surface area (Å²) in [6.07, 6.45) is 4.62. The number of sulfonamides is 1. The standard InChI is InChI=1S/C24H24N6O2S/c1-18-9-11-21(12-10-18)33(31,32)29-14-6-5-13-26-23-19(15-25)16-27-24-22(23)17-28-30(24)20-7-3-2-4-8-20/h2-4,7-12,16-17,29H,5-6,13-14H2,1H3,(H,26,27). The van der Waals surface area contributed by atoms with Gasteiger partial charge in [-0.25, -0.2) is 22.8 Å². The highest BCUT2D eigenvalue weighted by Gasteiger charge is 2.15. The Hall–Kier alpha value is -3.74. The van der Waals surface area contributed by atoms with Gasteiger partial charge in [0, 0.05) is 19.3 Å². The number of nitriles is 1. The molecule has 0 unspecified atom stereocenters. The van der Waals surface area contributed by atoms with Crippen molar-refractivity contribution < 1.29 is 8.42 Å². The van der Waals surface area contributed by atoms with E-state index >= 15 is 0 Å². The number of fused-ring (bicyclic) bond motifs is 1. The summed E-state index contributed by atoms with van der Waals surface area (Å²) >= 11 is 0. The van der Waals surface area contributed by atoms with Gasteiger partial charge in [0.15, 0.2) is 5.65 Å². The Balaban J connectivity index is 1.38. The second kappa shape index (κ2) is 9.81. The molecule has 0 fully saturated rings. The van der Waals surface area contributed by atoms with Gasteiger partial charge >= 0.3 is 0 Å². The van der Waals surface area contributed by atoms with Crippen molar-refractivity contribution in [1.29, 1.82) is 5.26 Å². The molecule has 0 bridgehead atoms. The highest BCUT2D eigenvalue weighted by Crippen LogP contribution is 2.27. The van der Waals surface area contributed by atoms with Crippen LogP contribution in [0.5, 0.6) is 0 Å². The molecule has 0 radical (unpaired) electrons. The number of hydrogen-bond acceptors (Lipinski definition) is 6. The summed E-state index contributed by atoms with van der Waals surface area (Å²) in [6, 6.07) is 18.6.